The molecule has 6 saturated heterocycles. The Labute approximate surface area is 542 Å². The van der Waals surface area contributed by atoms with E-state index in [1.807, 2.05) is 0 Å². The van der Waals surface area contributed by atoms with Crippen LogP contribution in [0.4, 0.5) is 32.1 Å². The van der Waals surface area contributed by atoms with Crippen molar-refractivity contribution in [2.24, 2.45) is 0 Å². The molecule has 0 spiro atoms. The van der Waals surface area contributed by atoms with Gasteiger partial charge in [-0.05, 0) is 6.42 Å². The summed E-state index contributed by atoms with van der Waals surface area (Å²) in [4.78, 5) is 69.9. The largest absolute Gasteiger partial charge is 1.00 e. The van der Waals surface area contributed by atoms with Crippen LogP contribution < -0.4 is 96.6 Å². The molecule has 89 heavy (non-hydrogen) atoms. The molecule has 0 radical (unpaired) electrons. The zero-order chi connectivity index (χ0) is 60.9. The normalized spacial score (nSPS) is 34.0. The van der Waals surface area contributed by atoms with Crippen molar-refractivity contribution in [2.45, 2.75) is 112 Å². The van der Waals surface area contributed by atoms with Crippen molar-refractivity contribution >= 4 is 104 Å². The Bertz CT molecular complexity index is 4290. The minimum atomic E-state index is -5.22. The molecule has 16 atom stereocenters. The average Bonchev–Trinajstić information content (AvgIpc) is 1.69. The maximum atomic E-state index is 15.8. The SMILES string of the molecule is Nc1ncnc2c1cnn2[C@H]1C[C@@H]2OS(=O)(=O)NC[C@H]3O[C@@H](n4cnc5c(N)ncnc54)[C@H](F)[C@@H]3OP(=O)([O-])OC[C@H]2O1.Nc1ncnc2c1ncn2[C@@H]1O[C@@H]2CCS(=O)(=O)O[C@H]3C[C@H](n4cnc5c(N)ncnc54)O[C@@H]3CCOP(=O)([O-])O[C@H]2[C@H]1F.[Na+].[Na+]. The number of phosphoric acid groups is 2. The number of nitrogen functional groups attached to an aromatic ring is 4. The van der Waals surface area contributed by atoms with Crippen LogP contribution in [0.25, 0.3) is 44.5 Å². The number of imidazole rings is 3. The Morgan fingerprint density at radius 1 is 0.562 bits per heavy atom. The fourth-order valence-electron chi connectivity index (χ4n) is 10.8. The average molecular weight is 1340 g/mol. The molecule has 0 bridgehead atoms. The van der Waals surface area contributed by atoms with Gasteiger partial charge < -0.3 is 69.8 Å². The van der Waals surface area contributed by atoms with Gasteiger partial charge in [0.25, 0.3) is 25.8 Å². The van der Waals surface area contributed by atoms with Gasteiger partial charge in [-0.25, -0.2) is 68.3 Å². The Hall–Kier alpha value is -4.90. The van der Waals surface area contributed by atoms with E-state index in [9.17, 15) is 35.8 Å². The Morgan fingerprint density at radius 3 is 1.66 bits per heavy atom. The molecule has 466 valence electrons. The molecule has 0 aliphatic carbocycles. The van der Waals surface area contributed by atoms with Gasteiger partial charge in [-0.3, -0.25) is 31.2 Å². The van der Waals surface area contributed by atoms with Crippen LogP contribution in [0.2, 0.25) is 0 Å². The molecule has 8 aromatic heterocycles. The van der Waals surface area contributed by atoms with Gasteiger partial charge in [0.1, 0.15) is 90.5 Å². The molecule has 6 aliphatic heterocycles. The number of nitrogens with zero attached hydrogens (tertiary/aromatic N) is 16. The van der Waals surface area contributed by atoms with Gasteiger partial charge in [0.15, 0.2) is 71.1 Å². The quantitative estimate of drug-likeness (QED) is 0.0621. The number of anilines is 4. The number of rotatable bonds is 4. The fraction of sp³-hybridized carbons (Fsp3) is 0.524. The summed E-state index contributed by atoms with van der Waals surface area (Å²) in [6.45, 7) is -1.83. The first-order valence-electron chi connectivity index (χ1n) is 26.0. The summed E-state index contributed by atoms with van der Waals surface area (Å²) in [6, 6.07) is 0. The molecule has 14 rings (SSSR count). The number of phosphoric ester groups is 2. The van der Waals surface area contributed by atoms with Crippen molar-refractivity contribution in [3.8, 4) is 0 Å². The van der Waals surface area contributed by atoms with E-state index < -0.39 is 148 Å². The van der Waals surface area contributed by atoms with Crippen molar-refractivity contribution in [1.82, 2.24) is 83.0 Å². The van der Waals surface area contributed by atoms with Crippen molar-refractivity contribution in [3.63, 3.8) is 0 Å². The molecule has 47 heteroatoms. The van der Waals surface area contributed by atoms with E-state index in [1.54, 1.807) is 4.57 Å². The number of nitrogens with one attached hydrogen (secondary N) is 1. The summed E-state index contributed by atoms with van der Waals surface area (Å²) in [6.07, 6.45) is -10.3. The molecule has 9 N–H and O–H groups in total. The monoisotopic (exact) mass is 1340 g/mol. The van der Waals surface area contributed by atoms with Crippen molar-refractivity contribution in [3.05, 3.63) is 50.5 Å². The predicted molar refractivity (Wildman–Crippen MR) is 280 cm³/mol. The van der Waals surface area contributed by atoms with Crippen LogP contribution >= 0.6 is 15.6 Å². The van der Waals surface area contributed by atoms with Crippen LogP contribution in [0.15, 0.2) is 50.5 Å². The number of ether oxygens (including phenoxy) is 4. The number of aromatic nitrogens is 16. The van der Waals surface area contributed by atoms with Crippen LogP contribution in [0.3, 0.4) is 0 Å². The Kier molecular flexibility index (Phi) is 18.8. The Morgan fingerprint density at radius 2 is 1.06 bits per heavy atom. The van der Waals surface area contributed by atoms with Crippen LogP contribution in [0.5, 0.6) is 0 Å². The number of fused-ring (bicyclic) bond motifs is 8. The van der Waals surface area contributed by atoms with E-state index in [0.29, 0.717) is 22.2 Å². The summed E-state index contributed by atoms with van der Waals surface area (Å²) < 4.78 is 172. The zero-order valence-corrected chi connectivity index (χ0v) is 53.6. The second-order valence-corrected chi connectivity index (χ2v) is 26.0. The topological polar surface area (TPSA) is 531 Å². The molecule has 6 fully saturated rings. The second-order valence-electron chi connectivity index (χ2n) is 20.2. The van der Waals surface area contributed by atoms with Gasteiger partial charge in [-0.15, -0.1) is 0 Å². The van der Waals surface area contributed by atoms with E-state index >= 15 is 8.78 Å². The minimum Gasteiger partial charge on any atom is -0.756 e. The van der Waals surface area contributed by atoms with Crippen molar-refractivity contribution in [1.29, 1.82) is 0 Å². The predicted octanol–water partition coefficient (Wildman–Crippen LogP) is -7.80. The molecule has 8 aromatic rings. The molecular formula is C42H47F2N21Na2O18P2S2. The van der Waals surface area contributed by atoms with E-state index in [0.717, 1.165) is 12.7 Å². The van der Waals surface area contributed by atoms with Crippen molar-refractivity contribution < 1.29 is 149 Å². The molecule has 0 amide bonds. The van der Waals surface area contributed by atoms with E-state index in [-0.39, 0.29) is 130 Å². The standard InChI is InChI=1S/C22H26FN10O9PS.C20H23FN11O9PS.2Na/c23-14-17-11(40-22(14)33-9-31-16-19(25)27-7-29-21(16)33)2-4-44(36,37)42-12-5-13(39-10(12)1-3-38-43(34,35)41-17)32-8-30-15-18(24)26-6-28-20(15)32;21-13-15-10(39-20(13)31-7-28-14-17(23)25-6-27-19(14)31)3-30-43(35,36)41-9-1-12(38-11(9)4-37-42(33,34)40-15)32-18-8(2-29-32)16(22)24-5-26-18;;/h6-14,17,22H,1-5H2,(H,34,35)(H2,24,26,28)(H2,25,27,29);2,5-7,9-13,15,20,30H,1,3-4H2,(H,33,34)(H2,22,24,26)(H2,23,25,27);;/q;;2*+1/p-2/t10-,11-,12+,13-,14-,17-,22-;9-,10+,11+,12+,13+,15+,20+;;/m10../s1. The molecule has 39 nitrogen and oxygen atoms in total. The third-order valence-corrected chi connectivity index (χ3v) is 19.1. The van der Waals surface area contributed by atoms with Crippen molar-refractivity contribution in [2.75, 3.05) is 48.4 Å². The summed E-state index contributed by atoms with van der Waals surface area (Å²) in [7, 11) is -19.1. The Balaban J connectivity index is 0.000000180. The maximum absolute atomic E-state index is 15.8. The van der Waals surface area contributed by atoms with Gasteiger partial charge in [0.05, 0.1) is 61.7 Å². The minimum absolute atomic E-state index is 0. The number of hydrogen-bond acceptors (Lipinski definition) is 34. The smallest absolute Gasteiger partial charge is 0.756 e. The fourth-order valence-corrected chi connectivity index (χ4v) is 14.8. The van der Waals surface area contributed by atoms with E-state index in [1.165, 1.54) is 51.6 Å². The molecule has 0 saturated carbocycles. The summed E-state index contributed by atoms with van der Waals surface area (Å²) in [5.74, 6) is -0.271. The van der Waals surface area contributed by atoms with Gasteiger partial charge >= 0.3 is 69.4 Å². The number of alkyl halides is 2. The molecule has 14 heterocycles. The molecule has 2 unspecified atom stereocenters. The molecule has 0 aromatic carbocycles. The van der Waals surface area contributed by atoms with Crippen LogP contribution in [-0.4, -0.2) is 182 Å². The first-order valence-corrected chi connectivity index (χ1v) is 31.9. The summed E-state index contributed by atoms with van der Waals surface area (Å²) in [5, 5.41) is 4.62. The van der Waals surface area contributed by atoms with Crippen LogP contribution in [0, 0.1) is 0 Å². The zero-order valence-electron chi connectivity index (χ0n) is 46.1. The van der Waals surface area contributed by atoms with Gasteiger partial charge in [-0.2, -0.15) is 26.7 Å². The van der Waals surface area contributed by atoms with Gasteiger partial charge in [0.2, 0.25) is 0 Å². The summed E-state index contributed by atoms with van der Waals surface area (Å²) in [5.41, 5.74) is 24.9. The third-order valence-electron chi connectivity index (χ3n) is 14.8. The molecule has 6 aliphatic rings. The first-order chi connectivity index (χ1) is 41.5. The number of hydrogen-bond donors (Lipinski definition) is 5. The van der Waals surface area contributed by atoms with Crippen LogP contribution in [-0.2, 0) is 75.0 Å². The van der Waals surface area contributed by atoms with Gasteiger partial charge in [0, 0.05) is 25.8 Å². The maximum Gasteiger partial charge on any atom is 1.00 e. The second kappa shape index (κ2) is 25.5. The van der Waals surface area contributed by atoms with E-state index in [4.69, 9.17) is 68.3 Å². The number of nitrogens with two attached hydrogens (primary N) is 4. The van der Waals surface area contributed by atoms with Crippen LogP contribution in [0.1, 0.15) is 50.6 Å². The van der Waals surface area contributed by atoms with E-state index in [2.05, 4.69) is 64.6 Å². The third kappa shape index (κ3) is 13.1. The summed E-state index contributed by atoms with van der Waals surface area (Å²) >= 11 is 0. The van der Waals surface area contributed by atoms with Gasteiger partial charge in [-0.1, -0.05) is 0 Å². The molecular weight excluding hydrogens is 1300 g/mol. The first kappa shape index (κ1) is 65.6. The number of halogens is 2.